The van der Waals surface area contributed by atoms with Gasteiger partial charge in [-0.05, 0) is 57.0 Å². The number of aromatic nitrogens is 2. The number of aliphatic hydroxyl groups excluding tert-OH is 1. The zero-order chi connectivity index (χ0) is 21.7. The third kappa shape index (κ3) is 5.12. The first-order valence-corrected chi connectivity index (χ1v) is 10.3. The Kier molecular flexibility index (Phi) is 7.33. The minimum Gasteiger partial charge on any atom is -0.497 e. The van der Waals surface area contributed by atoms with Crippen LogP contribution in [0.3, 0.4) is 0 Å². The normalized spacial score (nSPS) is 17.4. The molecule has 0 saturated carbocycles. The molecule has 164 valence electrons. The standard InChI is InChI=1S/C22H32N4O4/c1-15(18-13-17(29-3)5-6-19(18)30-4)24-20(27)14-26-10-7-16(8-11-26)21(28)22-23-9-12-25(22)2/h5-6,9,12-13,15-16,21,28H,7-8,10-11,14H2,1-4H3,(H,24,27)/t15-,21-/m1/s1. The number of amides is 1. The zero-order valence-corrected chi connectivity index (χ0v) is 18.2. The van der Waals surface area contributed by atoms with E-state index in [1.165, 1.54) is 0 Å². The van der Waals surface area contributed by atoms with Crippen LogP contribution in [0.5, 0.6) is 11.5 Å². The highest BCUT2D eigenvalue weighted by atomic mass is 16.5. The minimum atomic E-state index is -0.568. The van der Waals surface area contributed by atoms with Gasteiger partial charge in [-0.2, -0.15) is 0 Å². The quantitative estimate of drug-likeness (QED) is 0.685. The van der Waals surface area contributed by atoms with Crippen LogP contribution in [0.1, 0.15) is 43.3 Å². The number of nitrogens with zero attached hydrogens (tertiary/aromatic N) is 3. The lowest BCUT2D eigenvalue weighted by Crippen LogP contribution is -2.43. The Bertz CT molecular complexity index is 845. The van der Waals surface area contributed by atoms with Gasteiger partial charge in [-0.3, -0.25) is 9.69 Å². The Morgan fingerprint density at radius 2 is 2.03 bits per heavy atom. The molecule has 2 N–H and O–H groups in total. The number of nitrogens with one attached hydrogen (secondary N) is 1. The summed E-state index contributed by atoms with van der Waals surface area (Å²) >= 11 is 0. The third-order valence-electron chi connectivity index (χ3n) is 5.85. The fourth-order valence-corrected chi connectivity index (χ4v) is 4.05. The topological polar surface area (TPSA) is 88.8 Å². The maximum Gasteiger partial charge on any atom is 0.234 e. The molecule has 1 saturated heterocycles. The van der Waals surface area contributed by atoms with Crippen molar-refractivity contribution in [2.24, 2.45) is 13.0 Å². The molecular formula is C22H32N4O4. The van der Waals surface area contributed by atoms with Gasteiger partial charge in [0.05, 0.1) is 26.8 Å². The van der Waals surface area contributed by atoms with Crippen molar-refractivity contribution in [2.45, 2.75) is 31.9 Å². The number of carbonyl (C=O) groups excluding carboxylic acids is 1. The molecule has 0 spiro atoms. The smallest absolute Gasteiger partial charge is 0.234 e. The highest BCUT2D eigenvalue weighted by molar-refractivity contribution is 5.78. The van der Waals surface area contributed by atoms with Gasteiger partial charge in [0.2, 0.25) is 5.91 Å². The molecule has 0 radical (unpaired) electrons. The maximum absolute atomic E-state index is 12.6. The molecule has 0 unspecified atom stereocenters. The number of carbonyl (C=O) groups is 1. The summed E-state index contributed by atoms with van der Waals surface area (Å²) in [5.41, 5.74) is 0.877. The van der Waals surface area contributed by atoms with Gasteiger partial charge in [0.1, 0.15) is 23.4 Å². The summed E-state index contributed by atoms with van der Waals surface area (Å²) in [5, 5.41) is 13.7. The summed E-state index contributed by atoms with van der Waals surface area (Å²) in [6.45, 7) is 3.82. The van der Waals surface area contributed by atoms with Crippen molar-refractivity contribution in [2.75, 3.05) is 33.9 Å². The van der Waals surface area contributed by atoms with E-state index in [0.29, 0.717) is 18.1 Å². The molecule has 1 aromatic heterocycles. The van der Waals surface area contributed by atoms with E-state index >= 15 is 0 Å². The number of piperidine rings is 1. The summed E-state index contributed by atoms with van der Waals surface area (Å²) in [7, 11) is 5.12. The molecule has 30 heavy (non-hydrogen) atoms. The van der Waals surface area contributed by atoms with Crippen LogP contribution < -0.4 is 14.8 Å². The lowest BCUT2D eigenvalue weighted by Gasteiger charge is -2.33. The number of benzene rings is 1. The lowest BCUT2D eigenvalue weighted by atomic mass is 9.90. The second kappa shape index (κ2) is 9.95. The molecule has 8 heteroatoms. The fraction of sp³-hybridized carbons (Fsp3) is 0.545. The molecule has 0 aliphatic carbocycles. The molecule has 8 nitrogen and oxygen atoms in total. The summed E-state index contributed by atoms with van der Waals surface area (Å²) in [5.74, 6) is 2.26. The third-order valence-corrected chi connectivity index (χ3v) is 5.85. The van der Waals surface area contributed by atoms with E-state index in [4.69, 9.17) is 9.47 Å². The number of hydrogen-bond acceptors (Lipinski definition) is 6. The van der Waals surface area contributed by atoms with Crippen LogP contribution >= 0.6 is 0 Å². The summed E-state index contributed by atoms with van der Waals surface area (Å²) in [6.07, 6.45) is 4.65. The second-order valence-corrected chi connectivity index (χ2v) is 7.85. The van der Waals surface area contributed by atoms with Gasteiger partial charge in [0.15, 0.2) is 0 Å². The largest absolute Gasteiger partial charge is 0.497 e. The molecule has 1 aliphatic rings. The summed E-state index contributed by atoms with van der Waals surface area (Å²) in [6, 6.07) is 5.36. The van der Waals surface area contributed by atoms with Crippen LogP contribution in [0, 0.1) is 5.92 Å². The Morgan fingerprint density at radius 3 is 2.63 bits per heavy atom. The number of aryl methyl sites for hydroxylation is 1. The van der Waals surface area contributed by atoms with Gasteiger partial charge < -0.3 is 24.5 Å². The number of methoxy groups -OCH3 is 2. The molecule has 1 amide bonds. The van der Waals surface area contributed by atoms with Crippen molar-refractivity contribution in [1.82, 2.24) is 19.8 Å². The van der Waals surface area contributed by atoms with Crippen LogP contribution in [0.2, 0.25) is 0 Å². The minimum absolute atomic E-state index is 0.0320. The Hall–Kier alpha value is -2.58. The lowest BCUT2D eigenvalue weighted by molar-refractivity contribution is -0.123. The highest BCUT2D eigenvalue weighted by Gasteiger charge is 2.29. The average Bonchev–Trinajstić information content (AvgIpc) is 3.18. The number of likely N-dealkylation sites (tertiary alicyclic amines) is 1. The monoisotopic (exact) mass is 416 g/mol. The van der Waals surface area contributed by atoms with E-state index in [1.54, 1.807) is 20.4 Å². The number of hydrogen-bond donors (Lipinski definition) is 2. The van der Waals surface area contributed by atoms with Crippen molar-refractivity contribution >= 4 is 5.91 Å². The van der Waals surface area contributed by atoms with Crippen molar-refractivity contribution < 1.29 is 19.4 Å². The predicted molar refractivity (Wildman–Crippen MR) is 113 cm³/mol. The van der Waals surface area contributed by atoms with Crippen molar-refractivity contribution in [3.63, 3.8) is 0 Å². The van der Waals surface area contributed by atoms with Crippen LogP contribution in [0.25, 0.3) is 0 Å². The van der Waals surface area contributed by atoms with Gasteiger partial charge in [-0.15, -0.1) is 0 Å². The van der Waals surface area contributed by atoms with Crippen molar-refractivity contribution in [1.29, 1.82) is 0 Å². The van der Waals surface area contributed by atoms with E-state index < -0.39 is 6.10 Å². The first-order chi connectivity index (χ1) is 14.4. The van der Waals surface area contributed by atoms with E-state index in [9.17, 15) is 9.90 Å². The van der Waals surface area contributed by atoms with Crippen molar-refractivity contribution in [3.8, 4) is 11.5 Å². The number of aliphatic hydroxyl groups is 1. The van der Waals surface area contributed by atoms with Crippen molar-refractivity contribution in [3.05, 3.63) is 42.0 Å². The Balaban J connectivity index is 1.51. The molecule has 1 fully saturated rings. The summed E-state index contributed by atoms with van der Waals surface area (Å²) in [4.78, 5) is 19.0. The van der Waals surface area contributed by atoms with E-state index in [0.717, 1.165) is 37.2 Å². The van der Waals surface area contributed by atoms with Crippen LogP contribution in [-0.2, 0) is 11.8 Å². The maximum atomic E-state index is 12.6. The van der Waals surface area contributed by atoms with Gasteiger partial charge >= 0.3 is 0 Å². The van der Waals surface area contributed by atoms with Crippen LogP contribution in [0.15, 0.2) is 30.6 Å². The van der Waals surface area contributed by atoms with Gasteiger partial charge in [0.25, 0.3) is 0 Å². The van der Waals surface area contributed by atoms with Crippen LogP contribution in [-0.4, -0.2) is 59.3 Å². The van der Waals surface area contributed by atoms with Gasteiger partial charge in [-0.25, -0.2) is 4.98 Å². The number of ether oxygens (including phenoxy) is 2. The molecule has 2 atom stereocenters. The summed E-state index contributed by atoms with van der Waals surface area (Å²) < 4.78 is 12.6. The van der Waals surface area contributed by atoms with Crippen LogP contribution in [0.4, 0.5) is 0 Å². The fourth-order valence-electron chi connectivity index (χ4n) is 4.05. The average molecular weight is 417 g/mol. The van der Waals surface area contributed by atoms with E-state index in [1.807, 2.05) is 42.9 Å². The second-order valence-electron chi connectivity index (χ2n) is 7.85. The first kappa shape index (κ1) is 22.1. The Morgan fingerprint density at radius 1 is 1.30 bits per heavy atom. The molecular weight excluding hydrogens is 384 g/mol. The van der Waals surface area contributed by atoms with E-state index in [2.05, 4.69) is 15.2 Å². The van der Waals surface area contributed by atoms with E-state index in [-0.39, 0.29) is 17.9 Å². The molecule has 1 aromatic carbocycles. The number of imidazole rings is 1. The Labute approximate surface area is 177 Å². The molecule has 2 heterocycles. The first-order valence-electron chi connectivity index (χ1n) is 10.3. The van der Waals surface area contributed by atoms with Gasteiger partial charge in [0, 0.05) is 25.0 Å². The number of rotatable bonds is 8. The SMILES string of the molecule is COc1ccc(OC)c([C@@H](C)NC(=O)CN2CCC([C@@H](O)c3nccn3C)CC2)c1. The van der Waals surface area contributed by atoms with Gasteiger partial charge in [-0.1, -0.05) is 0 Å². The molecule has 1 aliphatic heterocycles. The highest BCUT2D eigenvalue weighted by Crippen LogP contribution is 2.30. The predicted octanol–water partition coefficient (Wildman–Crippen LogP) is 2.06. The molecule has 0 bridgehead atoms. The molecule has 3 rings (SSSR count). The molecule has 2 aromatic rings. The zero-order valence-electron chi connectivity index (χ0n) is 18.2.